The van der Waals surface area contributed by atoms with Crippen LogP contribution in [0.15, 0.2) is 42.5 Å². The third kappa shape index (κ3) is 3.33. The van der Waals surface area contributed by atoms with E-state index in [1.807, 2.05) is 13.0 Å². The molecule has 0 spiro atoms. The molecule has 0 radical (unpaired) electrons. The lowest BCUT2D eigenvalue weighted by atomic mass is 10.0. The summed E-state index contributed by atoms with van der Waals surface area (Å²) in [6.45, 7) is 7.26. The number of benzene rings is 1. The van der Waals surface area contributed by atoms with E-state index >= 15 is 0 Å². The number of nitrogens with one attached hydrogen (secondary N) is 1. The van der Waals surface area contributed by atoms with Crippen molar-refractivity contribution in [2.45, 2.75) is 33.2 Å². The van der Waals surface area contributed by atoms with E-state index in [0.29, 0.717) is 5.92 Å². The second-order valence-electron chi connectivity index (χ2n) is 4.92. The summed E-state index contributed by atoms with van der Waals surface area (Å²) in [7, 11) is 0. The summed E-state index contributed by atoms with van der Waals surface area (Å²) in [5, 5.41) is 3.39. The Kier molecular flexibility index (Phi) is 3.98. The van der Waals surface area contributed by atoms with E-state index in [-0.39, 0.29) is 0 Å². The number of aryl methyl sites for hydroxylation is 1. The van der Waals surface area contributed by atoms with Crippen LogP contribution in [0, 0.1) is 6.92 Å². The molecule has 0 aliphatic rings. The Hall–Kier alpha value is -1.83. The van der Waals surface area contributed by atoms with Crippen LogP contribution in [0.25, 0.3) is 0 Å². The van der Waals surface area contributed by atoms with Crippen molar-refractivity contribution >= 4 is 5.82 Å². The lowest BCUT2D eigenvalue weighted by molar-refractivity contribution is 0.859. The maximum atomic E-state index is 4.52. The third-order valence-electron chi connectivity index (χ3n) is 2.96. The van der Waals surface area contributed by atoms with Crippen LogP contribution < -0.4 is 5.32 Å². The van der Waals surface area contributed by atoms with Crippen LogP contribution in [-0.4, -0.2) is 4.98 Å². The van der Waals surface area contributed by atoms with Crippen LogP contribution in [0.5, 0.6) is 0 Å². The molecule has 18 heavy (non-hydrogen) atoms. The summed E-state index contributed by atoms with van der Waals surface area (Å²) < 4.78 is 0. The smallest absolute Gasteiger partial charge is 0.126 e. The molecule has 0 aliphatic carbocycles. The molecule has 1 heterocycles. The lowest BCUT2D eigenvalue weighted by Gasteiger charge is -2.11. The van der Waals surface area contributed by atoms with Crippen molar-refractivity contribution in [3.8, 4) is 0 Å². The van der Waals surface area contributed by atoms with Crippen molar-refractivity contribution in [2.75, 3.05) is 5.32 Å². The van der Waals surface area contributed by atoms with Gasteiger partial charge in [0.1, 0.15) is 5.82 Å². The molecule has 94 valence electrons. The third-order valence-corrected chi connectivity index (χ3v) is 2.96. The average Bonchev–Trinajstić information content (AvgIpc) is 2.37. The number of aromatic nitrogens is 1. The fraction of sp³-hybridized carbons (Fsp3) is 0.312. The van der Waals surface area contributed by atoms with Gasteiger partial charge in [-0.25, -0.2) is 4.98 Å². The Morgan fingerprint density at radius 1 is 1.11 bits per heavy atom. The van der Waals surface area contributed by atoms with E-state index in [2.05, 4.69) is 60.5 Å². The minimum atomic E-state index is 0.531. The van der Waals surface area contributed by atoms with Crippen LogP contribution in [0.2, 0.25) is 0 Å². The molecular weight excluding hydrogens is 220 g/mol. The van der Waals surface area contributed by atoms with Gasteiger partial charge in [-0.05, 0) is 36.1 Å². The molecule has 0 saturated carbocycles. The predicted molar refractivity (Wildman–Crippen MR) is 76.8 cm³/mol. The summed E-state index contributed by atoms with van der Waals surface area (Å²) >= 11 is 0. The van der Waals surface area contributed by atoms with Gasteiger partial charge in [0.05, 0.1) is 0 Å². The highest BCUT2D eigenvalue weighted by Gasteiger charge is 2.03. The number of hydrogen-bond acceptors (Lipinski definition) is 2. The quantitative estimate of drug-likeness (QED) is 0.869. The molecule has 0 fully saturated rings. The molecule has 0 bridgehead atoms. The maximum Gasteiger partial charge on any atom is 0.126 e. The Morgan fingerprint density at radius 3 is 2.50 bits per heavy atom. The highest BCUT2D eigenvalue weighted by Crippen LogP contribution is 2.19. The lowest BCUT2D eigenvalue weighted by Crippen LogP contribution is -2.03. The van der Waals surface area contributed by atoms with E-state index < -0.39 is 0 Å². The molecule has 0 aliphatic heterocycles. The Bertz CT molecular complexity index is 504. The highest BCUT2D eigenvalue weighted by atomic mass is 15.0. The van der Waals surface area contributed by atoms with Crippen molar-refractivity contribution in [3.05, 3.63) is 59.3 Å². The van der Waals surface area contributed by atoms with E-state index in [1.165, 1.54) is 11.1 Å². The zero-order valence-electron chi connectivity index (χ0n) is 11.3. The molecule has 1 N–H and O–H groups in total. The predicted octanol–water partition coefficient (Wildman–Crippen LogP) is 4.13. The van der Waals surface area contributed by atoms with Crippen LogP contribution in [-0.2, 0) is 6.54 Å². The summed E-state index contributed by atoms with van der Waals surface area (Å²) in [5.74, 6) is 1.49. The van der Waals surface area contributed by atoms with E-state index in [4.69, 9.17) is 0 Å². The summed E-state index contributed by atoms with van der Waals surface area (Å²) in [4.78, 5) is 4.52. The minimum absolute atomic E-state index is 0.531. The number of rotatable bonds is 4. The second-order valence-corrected chi connectivity index (χ2v) is 4.92. The standard InChI is InChI=1S/C16H20N2/c1-12(2)15-9-13(3)18-16(10-15)17-11-14-7-5-4-6-8-14/h4-10,12H,11H2,1-3H3,(H,17,18). The van der Waals surface area contributed by atoms with Gasteiger partial charge in [-0.1, -0.05) is 44.2 Å². The van der Waals surface area contributed by atoms with E-state index in [9.17, 15) is 0 Å². The first kappa shape index (κ1) is 12.6. The Morgan fingerprint density at radius 2 is 1.83 bits per heavy atom. The molecule has 0 atom stereocenters. The molecule has 0 saturated heterocycles. The normalized spacial score (nSPS) is 10.7. The SMILES string of the molecule is Cc1cc(C(C)C)cc(NCc2ccccc2)n1. The Labute approximate surface area is 109 Å². The first-order chi connectivity index (χ1) is 8.65. The zero-order valence-corrected chi connectivity index (χ0v) is 11.3. The van der Waals surface area contributed by atoms with Crippen LogP contribution in [0.1, 0.15) is 36.6 Å². The average molecular weight is 240 g/mol. The fourth-order valence-corrected chi connectivity index (χ4v) is 1.91. The van der Waals surface area contributed by atoms with Crippen molar-refractivity contribution in [2.24, 2.45) is 0 Å². The largest absolute Gasteiger partial charge is 0.366 e. The number of nitrogens with zero attached hydrogens (tertiary/aromatic N) is 1. The second kappa shape index (κ2) is 5.67. The number of pyridine rings is 1. The first-order valence-corrected chi connectivity index (χ1v) is 6.41. The van der Waals surface area contributed by atoms with Crippen molar-refractivity contribution in [3.63, 3.8) is 0 Å². The molecule has 2 rings (SSSR count). The Balaban J connectivity index is 2.10. The van der Waals surface area contributed by atoms with Gasteiger partial charge in [0.15, 0.2) is 0 Å². The van der Waals surface area contributed by atoms with Crippen molar-refractivity contribution < 1.29 is 0 Å². The van der Waals surface area contributed by atoms with Gasteiger partial charge in [-0.3, -0.25) is 0 Å². The minimum Gasteiger partial charge on any atom is -0.366 e. The molecule has 0 amide bonds. The van der Waals surface area contributed by atoms with Crippen molar-refractivity contribution in [1.82, 2.24) is 4.98 Å². The molecular formula is C16H20N2. The van der Waals surface area contributed by atoms with E-state index in [1.54, 1.807) is 0 Å². The monoisotopic (exact) mass is 240 g/mol. The molecule has 2 nitrogen and oxygen atoms in total. The van der Waals surface area contributed by atoms with Gasteiger partial charge in [-0.15, -0.1) is 0 Å². The molecule has 1 aromatic carbocycles. The van der Waals surface area contributed by atoms with Gasteiger partial charge >= 0.3 is 0 Å². The van der Waals surface area contributed by atoms with Gasteiger partial charge in [0.25, 0.3) is 0 Å². The highest BCUT2D eigenvalue weighted by molar-refractivity contribution is 5.41. The van der Waals surface area contributed by atoms with Crippen LogP contribution >= 0.6 is 0 Å². The van der Waals surface area contributed by atoms with Crippen LogP contribution in [0.4, 0.5) is 5.82 Å². The zero-order chi connectivity index (χ0) is 13.0. The van der Waals surface area contributed by atoms with Crippen LogP contribution in [0.3, 0.4) is 0 Å². The molecule has 2 aromatic rings. The van der Waals surface area contributed by atoms with Gasteiger partial charge in [0.2, 0.25) is 0 Å². The van der Waals surface area contributed by atoms with Crippen molar-refractivity contribution in [1.29, 1.82) is 0 Å². The topological polar surface area (TPSA) is 24.9 Å². The fourth-order valence-electron chi connectivity index (χ4n) is 1.91. The molecule has 0 unspecified atom stereocenters. The maximum absolute atomic E-state index is 4.52. The van der Waals surface area contributed by atoms with Gasteiger partial charge in [-0.2, -0.15) is 0 Å². The van der Waals surface area contributed by atoms with Gasteiger partial charge in [0, 0.05) is 12.2 Å². The molecule has 2 heteroatoms. The molecule has 1 aromatic heterocycles. The number of anilines is 1. The summed E-state index contributed by atoms with van der Waals surface area (Å²) in [5.41, 5.74) is 3.67. The summed E-state index contributed by atoms with van der Waals surface area (Å²) in [6, 6.07) is 14.7. The number of hydrogen-bond donors (Lipinski definition) is 1. The summed E-state index contributed by atoms with van der Waals surface area (Å²) in [6.07, 6.45) is 0. The van der Waals surface area contributed by atoms with Gasteiger partial charge < -0.3 is 5.32 Å². The van der Waals surface area contributed by atoms with E-state index in [0.717, 1.165) is 18.1 Å². The first-order valence-electron chi connectivity index (χ1n) is 6.41.